The molecule has 112 valence electrons. The van der Waals surface area contributed by atoms with Crippen molar-refractivity contribution in [3.8, 4) is 5.75 Å². The Balaban J connectivity index is 2.33. The summed E-state index contributed by atoms with van der Waals surface area (Å²) in [5.41, 5.74) is 6.73. The van der Waals surface area contributed by atoms with E-state index in [1.54, 1.807) is 24.3 Å². The molecule has 0 amide bonds. The van der Waals surface area contributed by atoms with Gasteiger partial charge in [0.1, 0.15) is 17.7 Å². The maximum Gasteiger partial charge on any atom is 0.140 e. The zero-order chi connectivity index (χ0) is 15.6. The van der Waals surface area contributed by atoms with Crippen LogP contribution in [0.1, 0.15) is 18.6 Å². The van der Waals surface area contributed by atoms with E-state index in [0.717, 1.165) is 5.56 Å². The van der Waals surface area contributed by atoms with E-state index >= 15 is 0 Å². The zero-order valence-electron chi connectivity index (χ0n) is 11.1. The van der Waals surface area contributed by atoms with Crippen molar-refractivity contribution >= 4 is 39.1 Å². The Bertz CT molecular complexity index is 634. The molecule has 0 aromatic heterocycles. The molecule has 2 rings (SSSR count). The Kier molecular flexibility index (Phi) is 5.49. The number of hydrogen-bond acceptors (Lipinski definition) is 2. The minimum absolute atomic E-state index is 0.311. The quantitative estimate of drug-likeness (QED) is 0.710. The number of ether oxygens (including phenoxy) is 1. The lowest BCUT2D eigenvalue weighted by atomic mass is 10.0. The maximum absolute atomic E-state index is 13.0. The van der Waals surface area contributed by atoms with Crippen LogP contribution in [-0.2, 0) is 0 Å². The van der Waals surface area contributed by atoms with Crippen LogP contribution in [0.15, 0.2) is 40.9 Å². The Morgan fingerprint density at radius 3 is 2.33 bits per heavy atom. The largest absolute Gasteiger partial charge is 0.482 e. The molecular formula is C15H13BrCl2FNO. The van der Waals surface area contributed by atoms with Crippen LogP contribution in [0.4, 0.5) is 4.39 Å². The molecule has 0 radical (unpaired) electrons. The van der Waals surface area contributed by atoms with E-state index in [4.69, 9.17) is 33.7 Å². The lowest BCUT2D eigenvalue weighted by Crippen LogP contribution is -2.29. The summed E-state index contributed by atoms with van der Waals surface area (Å²) >= 11 is 15.5. The fourth-order valence-corrected chi connectivity index (χ4v) is 2.70. The van der Waals surface area contributed by atoms with Crippen LogP contribution in [0.5, 0.6) is 5.75 Å². The van der Waals surface area contributed by atoms with Crippen LogP contribution >= 0.6 is 39.1 Å². The first-order chi connectivity index (χ1) is 9.88. The molecule has 0 heterocycles. The molecule has 21 heavy (non-hydrogen) atoms. The van der Waals surface area contributed by atoms with Crippen molar-refractivity contribution in [1.29, 1.82) is 0 Å². The van der Waals surface area contributed by atoms with Crippen LogP contribution in [0.25, 0.3) is 0 Å². The van der Waals surface area contributed by atoms with Gasteiger partial charge in [0.15, 0.2) is 0 Å². The van der Waals surface area contributed by atoms with Crippen molar-refractivity contribution in [3.63, 3.8) is 0 Å². The number of halogens is 4. The van der Waals surface area contributed by atoms with Crippen molar-refractivity contribution in [1.82, 2.24) is 0 Å². The Labute approximate surface area is 141 Å². The molecule has 2 aromatic carbocycles. The van der Waals surface area contributed by atoms with Crippen molar-refractivity contribution in [2.75, 3.05) is 0 Å². The SMILES string of the molecule is CC(N)C(Oc1cc(Cl)c(Br)cc1Cl)c1ccc(F)cc1. The second-order valence-electron chi connectivity index (χ2n) is 4.65. The molecule has 0 spiro atoms. The number of hydrogen-bond donors (Lipinski definition) is 1. The van der Waals surface area contributed by atoms with Gasteiger partial charge in [0, 0.05) is 16.6 Å². The van der Waals surface area contributed by atoms with Gasteiger partial charge in [-0.25, -0.2) is 4.39 Å². The van der Waals surface area contributed by atoms with E-state index in [2.05, 4.69) is 15.9 Å². The number of rotatable bonds is 4. The maximum atomic E-state index is 13.0. The average Bonchev–Trinajstić information content (AvgIpc) is 2.42. The van der Waals surface area contributed by atoms with E-state index < -0.39 is 6.10 Å². The summed E-state index contributed by atoms with van der Waals surface area (Å²) in [5.74, 6) is 0.114. The molecule has 0 saturated heterocycles. The highest BCUT2D eigenvalue weighted by atomic mass is 79.9. The van der Waals surface area contributed by atoms with E-state index in [1.807, 2.05) is 6.92 Å². The van der Waals surface area contributed by atoms with Gasteiger partial charge in [0.2, 0.25) is 0 Å². The number of benzene rings is 2. The summed E-state index contributed by atoms with van der Waals surface area (Å²) in [7, 11) is 0. The summed E-state index contributed by atoms with van der Waals surface area (Å²) in [6.45, 7) is 1.81. The third-order valence-corrected chi connectivity index (χ3v) is 4.40. The van der Waals surface area contributed by atoms with E-state index in [0.29, 0.717) is 20.3 Å². The fraction of sp³-hybridized carbons (Fsp3) is 0.200. The average molecular weight is 393 g/mol. The molecule has 2 N–H and O–H groups in total. The molecule has 0 aliphatic rings. The molecule has 2 unspecified atom stereocenters. The van der Waals surface area contributed by atoms with Crippen molar-refractivity contribution in [2.45, 2.75) is 19.1 Å². The highest BCUT2D eigenvalue weighted by Gasteiger charge is 2.20. The first-order valence-electron chi connectivity index (χ1n) is 6.20. The van der Waals surface area contributed by atoms with Gasteiger partial charge in [0.05, 0.1) is 10.0 Å². The van der Waals surface area contributed by atoms with Crippen LogP contribution < -0.4 is 10.5 Å². The standard InChI is InChI=1S/C15H13BrCl2FNO/c1-8(20)15(9-2-4-10(19)5-3-9)21-14-7-12(17)11(16)6-13(14)18/h2-8,15H,20H2,1H3. The second-order valence-corrected chi connectivity index (χ2v) is 6.31. The van der Waals surface area contributed by atoms with Crippen LogP contribution in [-0.4, -0.2) is 6.04 Å². The molecular weight excluding hydrogens is 380 g/mol. The summed E-state index contributed by atoms with van der Waals surface area (Å²) in [5, 5.41) is 0.899. The normalized spacial score (nSPS) is 13.8. The summed E-state index contributed by atoms with van der Waals surface area (Å²) < 4.78 is 19.6. The van der Waals surface area contributed by atoms with Gasteiger partial charge in [-0.3, -0.25) is 0 Å². The number of nitrogens with two attached hydrogens (primary N) is 1. The summed E-state index contributed by atoms with van der Waals surface area (Å²) in [6, 6.07) is 8.97. The van der Waals surface area contributed by atoms with Gasteiger partial charge in [-0.05, 0) is 46.6 Å². The summed E-state index contributed by atoms with van der Waals surface area (Å²) in [6.07, 6.45) is -0.458. The minimum atomic E-state index is -0.458. The molecule has 2 nitrogen and oxygen atoms in total. The lowest BCUT2D eigenvalue weighted by Gasteiger charge is -2.24. The Morgan fingerprint density at radius 1 is 1.14 bits per heavy atom. The highest BCUT2D eigenvalue weighted by Crippen LogP contribution is 2.36. The minimum Gasteiger partial charge on any atom is -0.482 e. The predicted octanol–water partition coefficient (Wildman–Crippen LogP) is 5.36. The molecule has 0 fully saturated rings. The molecule has 2 aromatic rings. The smallest absolute Gasteiger partial charge is 0.140 e. The summed E-state index contributed by atoms with van der Waals surface area (Å²) in [4.78, 5) is 0. The fourth-order valence-electron chi connectivity index (χ4n) is 1.86. The van der Waals surface area contributed by atoms with Gasteiger partial charge in [-0.2, -0.15) is 0 Å². The van der Waals surface area contributed by atoms with Gasteiger partial charge >= 0.3 is 0 Å². The molecule has 0 aliphatic heterocycles. The molecule has 2 atom stereocenters. The van der Waals surface area contributed by atoms with Crippen LogP contribution in [0.2, 0.25) is 10.0 Å². The van der Waals surface area contributed by atoms with Crippen molar-refractivity contribution in [3.05, 3.63) is 62.3 Å². The van der Waals surface area contributed by atoms with E-state index in [-0.39, 0.29) is 11.9 Å². The van der Waals surface area contributed by atoms with Crippen molar-refractivity contribution in [2.24, 2.45) is 5.73 Å². The third-order valence-electron chi connectivity index (χ3n) is 2.90. The molecule has 0 aliphatic carbocycles. The van der Waals surface area contributed by atoms with Gasteiger partial charge in [-0.1, -0.05) is 35.3 Å². The van der Waals surface area contributed by atoms with E-state index in [1.165, 1.54) is 12.1 Å². The first-order valence-corrected chi connectivity index (χ1v) is 7.75. The monoisotopic (exact) mass is 391 g/mol. The predicted molar refractivity (Wildman–Crippen MR) is 87.6 cm³/mol. The van der Waals surface area contributed by atoms with Gasteiger partial charge < -0.3 is 10.5 Å². The molecule has 0 saturated carbocycles. The zero-order valence-corrected chi connectivity index (χ0v) is 14.2. The highest BCUT2D eigenvalue weighted by molar-refractivity contribution is 9.10. The van der Waals surface area contributed by atoms with Crippen molar-refractivity contribution < 1.29 is 9.13 Å². The second kappa shape index (κ2) is 6.97. The van der Waals surface area contributed by atoms with Gasteiger partial charge in [-0.15, -0.1) is 0 Å². The van der Waals surface area contributed by atoms with Crippen LogP contribution in [0, 0.1) is 5.82 Å². The third kappa shape index (κ3) is 4.10. The Hall–Kier alpha value is -0.810. The van der Waals surface area contributed by atoms with E-state index in [9.17, 15) is 4.39 Å². The van der Waals surface area contributed by atoms with Gasteiger partial charge in [0.25, 0.3) is 0 Å². The lowest BCUT2D eigenvalue weighted by molar-refractivity contribution is 0.180. The Morgan fingerprint density at radius 2 is 1.76 bits per heavy atom. The molecule has 6 heteroatoms. The molecule has 0 bridgehead atoms. The first kappa shape index (κ1) is 16.6. The topological polar surface area (TPSA) is 35.2 Å². The van der Waals surface area contributed by atoms with Crippen LogP contribution in [0.3, 0.4) is 0 Å².